The topological polar surface area (TPSA) is 9.23 Å². The van der Waals surface area contributed by atoms with E-state index >= 15 is 0 Å². The van der Waals surface area contributed by atoms with Crippen LogP contribution < -0.4 is 0 Å². The maximum atomic E-state index is 6.15. The fourth-order valence-electron chi connectivity index (χ4n) is 1.74. The third-order valence-electron chi connectivity index (χ3n) is 2.93. The zero-order chi connectivity index (χ0) is 11.4. The molecule has 0 amide bonds. The molecule has 88 valence electrons. The molecule has 2 rings (SSSR count). The van der Waals surface area contributed by atoms with Crippen LogP contribution in [0.15, 0.2) is 24.3 Å². The van der Waals surface area contributed by atoms with Gasteiger partial charge in [0.2, 0.25) is 0 Å². The Morgan fingerprint density at radius 2 is 2.12 bits per heavy atom. The number of benzene rings is 1. The van der Waals surface area contributed by atoms with E-state index < -0.39 is 0 Å². The summed E-state index contributed by atoms with van der Waals surface area (Å²) in [7, 11) is 0. The molecular weight excluding hydrogens is 287 g/mol. The van der Waals surface area contributed by atoms with Gasteiger partial charge >= 0.3 is 0 Å². The monoisotopic (exact) mass is 302 g/mol. The van der Waals surface area contributed by atoms with E-state index in [0.29, 0.717) is 0 Å². The second-order valence-corrected chi connectivity index (χ2v) is 5.32. The van der Waals surface area contributed by atoms with E-state index in [4.69, 9.17) is 16.3 Å². The Kier molecular flexibility index (Phi) is 4.68. The molecule has 0 aromatic heterocycles. The molecule has 1 atom stereocenters. The number of hydrogen-bond donors (Lipinski definition) is 0. The largest absolute Gasteiger partial charge is 0.373 e. The van der Waals surface area contributed by atoms with Gasteiger partial charge in [-0.1, -0.05) is 58.6 Å². The third-order valence-corrected chi connectivity index (χ3v) is 3.87. The molecule has 1 aliphatic carbocycles. The second kappa shape index (κ2) is 6.04. The Balaban J connectivity index is 1.90. The molecule has 0 spiro atoms. The molecule has 1 aromatic carbocycles. The standard InChI is InChI=1S/C13H16BrClO/c14-9-13(16-8-7-10-5-6-10)11-3-1-2-4-12(11)15/h1-4,10,13H,5-9H2. The van der Waals surface area contributed by atoms with Crippen molar-refractivity contribution in [3.05, 3.63) is 34.9 Å². The van der Waals surface area contributed by atoms with Gasteiger partial charge in [0.05, 0.1) is 6.10 Å². The Morgan fingerprint density at radius 3 is 2.75 bits per heavy atom. The van der Waals surface area contributed by atoms with Crippen molar-refractivity contribution >= 4 is 27.5 Å². The lowest BCUT2D eigenvalue weighted by Crippen LogP contribution is -2.08. The highest BCUT2D eigenvalue weighted by molar-refractivity contribution is 9.09. The molecule has 0 aliphatic heterocycles. The van der Waals surface area contributed by atoms with Gasteiger partial charge < -0.3 is 4.74 Å². The molecule has 3 heteroatoms. The average Bonchev–Trinajstić information content (AvgIpc) is 3.10. The zero-order valence-corrected chi connectivity index (χ0v) is 11.5. The van der Waals surface area contributed by atoms with Crippen molar-refractivity contribution in [1.82, 2.24) is 0 Å². The summed E-state index contributed by atoms with van der Waals surface area (Å²) in [5, 5.41) is 1.58. The van der Waals surface area contributed by atoms with Gasteiger partial charge in [-0.25, -0.2) is 0 Å². The summed E-state index contributed by atoms with van der Waals surface area (Å²) < 4.78 is 5.88. The first-order valence-electron chi connectivity index (χ1n) is 5.73. The number of rotatable bonds is 6. The lowest BCUT2D eigenvalue weighted by Gasteiger charge is -2.17. The van der Waals surface area contributed by atoms with E-state index in [1.54, 1.807) is 0 Å². The Hall–Kier alpha value is -0.0500. The highest BCUT2D eigenvalue weighted by Gasteiger charge is 2.21. The molecule has 16 heavy (non-hydrogen) atoms. The molecule has 0 heterocycles. The van der Waals surface area contributed by atoms with Crippen molar-refractivity contribution in [2.45, 2.75) is 25.4 Å². The summed E-state index contributed by atoms with van der Waals surface area (Å²) in [6.07, 6.45) is 4.03. The van der Waals surface area contributed by atoms with Crippen molar-refractivity contribution in [3.63, 3.8) is 0 Å². The Labute approximate surface area is 110 Å². The number of hydrogen-bond acceptors (Lipinski definition) is 1. The average molecular weight is 304 g/mol. The molecule has 1 nitrogen and oxygen atoms in total. The minimum atomic E-state index is 0.0763. The maximum absolute atomic E-state index is 6.15. The van der Waals surface area contributed by atoms with Crippen molar-refractivity contribution in [1.29, 1.82) is 0 Å². The third kappa shape index (κ3) is 3.47. The first-order valence-corrected chi connectivity index (χ1v) is 7.23. The summed E-state index contributed by atoms with van der Waals surface area (Å²) in [6.45, 7) is 0.839. The van der Waals surface area contributed by atoms with Crippen LogP contribution in [0, 0.1) is 5.92 Å². The lowest BCUT2D eigenvalue weighted by atomic mass is 10.1. The van der Waals surface area contributed by atoms with Crippen LogP contribution in [0.25, 0.3) is 0 Å². The van der Waals surface area contributed by atoms with Crippen molar-refractivity contribution in [2.75, 3.05) is 11.9 Å². The molecule has 1 aliphatic rings. The van der Waals surface area contributed by atoms with Crippen LogP contribution >= 0.6 is 27.5 Å². The van der Waals surface area contributed by atoms with Crippen LogP contribution in [0.1, 0.15) is 30.9 Å². The van der Waals surface area contributed by atoms with Crippen LogP contribution in [-0.2, 0) is 4.74 Å². The van der Waals surface area contributed by atoms with E-state index in [1.165, 1.54) is 19.3 Å². The van der Waals surface area contributed by atoms with E-state index in [9.17, 15) is 0 Å². The fraction of sp³-hybridized carbons (Fsp3) is 0.538. The lowest BCUT2D eigenvalue weighted by molar-refractivity contribution is 0.0655. The van der Waals surface area contributed by atoms with Gasteiger partial charge in [0.25, 0.3) is 0 Å². The maximum Gasteiger partial charge on any atom is 0.0935 e. The molecule has 0 bridgehead atoms. The number of ether oxygens (including phenoxy) is 1. The Morgan fingerprint density at radius 1 is 1.38 bits per heavy atom. The number of alkyl halides is 1. The summed E-state index contributed by atoms with van der Waals surface area (Å²) in [5.41, 5.74) is 1.08. The van der Waals surface area contributed by atoms with Gasteiger partial charge in [0.15, 0.2) is 0 Å². The van der Waals surface area contributed by atoms with Crippen LogP contribution in [0.4, 0.5) is 0 Å². The predicted molar refractivity (Wildman–Crippen MR) is 71.3 cm³/mol. The van der Waals surface area contributed by atoms with Crippen molar-refractivity contribution < 1.29 is 4.74 Å². The van der Waals surface area contributed by atoms with Crippen molar-refractivity contribution in [2.24, 2.45) is 5.92 Å². The van der Waals surface area contributed by atoms with E-state index in [2.05, 4.69) is 15.9 Å². The summed E-state index contributed by atoms with van der Waals surface area (Å²) in [4.78, 5) is 0. The normalized spacial score (nSPS) is 17.4. The van der Waals surface area contributed by atoms with Crippen LogP contribution in [0.3, 0.4) is 0 Å². The predicted octanol–water partition coefficient (Wildman–Crippen LogP) is 4.59. The minimum Gasteiger partial charge on any atom is -0.373 e. The van der Waals surface area contributed by atoms with Crippen molar-refractivity contribution in [3.8, 4) is 0 Å². The molecule has 1 aromatic rings. The molecular formula is C13H16BrClO. The van der Waals surface area contributed by atoms with Crippen LogP contribution in [0.2, 0.25) is 5.02 Å². The molecule has 1 fully saturated rings. The van der Waals surface area contributed by atoms with Gasteiger partial charge in [-0.15, -0.1) is 0 Å². The summed E-state index contributed by atoms with van der Waals surface area (Å²) in [5.74, 6) is 0.919. The molecule has 1 saturated carbocycles. The zero-order valence-electron chi connectivity index (χ0n) is 9.16. The van der Waals surface area contributed by atoms with Crippen LogP contribution in [-0.4, -0.2) is 11.9 Å². The Bertz CT molecular complexity index is 338. The van der Waals surface area contributed by atoms with E-state index in [1.807, 2.05) is 24.3 Å². The smallest absolute Gasteiger partial charge is 0.0935 e. The fourth-order valence-corrected chi connectivity index (χ4v) is 2.53. The molecule has 0 N–H and O–H groups in total. The summed E-state index contributed by atoms with van der Waals surface area (Å²) in [6, 6.07) is 7.89. The number of halogens is 2. The molecule has 0 saturated heterocycles. The van der Waals surface area contributed by atoms with E-state index in [0.717, 1.165) is 28.4 Å². The van der Waals surface area contributed by atoms with E-state index in [-0.39, 0.29) is 6.10 Å². The van der Waals surface area contributed by atoms with Gasteiger partial charge in [0.1, 0.15) is 0 Å². The highest BCUT2D eigenvalue weighted by atomic mass is 79.9. The second-order valence-electron chi connectivity index (χ2n) is 4.27. The first-order chi connectivity index (χ1) is 7.81. The SMILES string of the molecule is Clc1ccccc1C(CBr)OCCC1CC1. The molecule has 0 radical (unpaired) electrons. The molecule has 1 unspecified atom stereocenters. The van der Waals surface area contributed by atoms with Crippen LogP contribution in [0.5, 0.6) is 0 Å². The summed E-state index contributed by atoms with van der Waals surface area (Å²) >= 11 is 9.64. The highest BCUT2D eigenvalue weighted by Crippen LogP contribution is 2.33. The quantitative estimate of drug-likeness (QED) is 0.698. The van der Waals surface area contributed by atoms with Gasteiger partial charge in [-0.05, 0) is 18.4 Å². The van der Waals surface area contributed by atoms with Gasteiger partial charge in [-0.2, -0.15) is 0 Å². The van der Waals surface area contributed by atoms with Gasteiger partial charge in [-0.3, -0.25) is 0 Å². The minimum absolute atomic E-state index is 0.0763. The first kappa shape index (κ1) is 12.4. The van der Waals surface area contributed by atoms with Gasteiger partial charge in [0, 0.05) is 22.5 Å².